The molecule has 6 heteroatoms. The van der Waals surface area contributed by atoms with E-state index in [0.29, 0.717) is 30.3 Å². The highest BCUT2D eigenvalue weighted by molar-refractivity contribution is 5.96. The number of rotatable bonds is 5. The van der Waals surface area contributed by atoms with Gasteiger partial charge in [0, 0.05) is 6.42 Å². The van der Waals surface area contributed by atoms with Gasteiger partial charge in [-0.15, -0.1) is 0 Å². The Balaban J connectivity index is 1.77. The molecule has 1 N–H and O–H groups in total. The number of oxazole rings is 1. The number of aryl methyl sites for hydroxylation is 1. The van der Waals surface area contributed by atoms with Gasteiger partial charge in [0.25, 0.3) is 5.91 Å². The number of esters is 1. The lowest BCUT2D eigenvalue weighted by Crippen LogP contribution is -2.54. The van der Waals surface area contributed by atoms with Crippen molar-refractivity contribution >= 4 is 11.9 Å². The molecule has 0 radical (unpaired) electrons. The molecule has 0 bridgehead atoms. The summed E-state index contributed by atoms with van der Waals surface area (Å²) in [5, 5.41) is 2.92. The van der Waals surface area contributed by atoms with E-state index in [9.17, 15) is 9.59 Å². The molecule has 0 saturated heterocycles. The van der Waals surface area contributed by atoms with Crippen LogP contribution in [0.15, 0.2) is 4.42 Å². The molecule has 0 unspecified atom stereocenters. The summed E-state index contributed by atoms with van der Waals surface area (Å²) in [6.07, 6.45) is 8.35. The number of nitrogens with zero attached hydrogens (tertiary/aromatic N) is 1. The number of nitrogens with one attached hydrogen (secondary N) is 1. The van der Waals surface area contributed by atoms with Crippen molar-refractivity contribution in [1.82, 2.24) is 10.3 Å². The largest absolute Gasteiger partial charge is 0.467 e. The monoisotopic (exact) mass is 334 g/mol. The number of hydrogen-bond acceptors (Lipinski definition) is 5. The quantitative estimate of drug-likeness (QED) is 0.661. The predicted molar refractivity (Wildman–Crippen MR) is 87.6 cm³/mol. The molecule has 0 aliphatic heterocycles. The zero-order valence-electron chi connectivity index (χ0n) is 14.5. The Morgan fingerprint density at radius 3 is 2.50 bits per heavy atom. The van der Waals surface area contributed by atoms with E-state index < -0.39 is 5.54 Å². The van der Waals surface area contributed by atoms with Gasteiger partial charge in [-0.1, -0.05) is 25.7 Å². The average molecular weight is 334 g/mol. The molecule has 2 saturated carbocycles. The topological polar surface area (TPSA) is 81.4 Å². The Kier molecular flexibility index (Phi) is 4.92. The fraction of sp³-hybridized carbons (Fsp3) is 0.722. The summed E-state index contributed by atoms with van der Waals surface area (Å²) >= 11 is 0. The number of aromatic nitrogens is 1. The second-order valence-corrected chi connectivity index (χ2v) is 7.11. The van der Waals surface area contributed by atoms with E-state index in [1.54, 1.807) is 6.92 Å². The molecule has 0 spiro atoms. The number of amides is 1. The number of carbonyl (C=O) groups excluding carboxylic acids is 2. The van der Waals surface area contributed by atoms with E-state index in [1.165, 1.54) is 20.0 Å². The van der Waals surface area contributed by atoms with Crippen LogP contribution < -0.4 is 5.32 Å². The van der Waals surface area contributed by atoms with Gasteiger partial charge in [0.05, 0.1) is 12.8 Å². The van der Waals surface area contributed by atoms with Gasteiger partial charge < -0.3 is 14.5 Å². The fourth-order valence-corrected chi connectivity index (χ4v) is 3.50. The van der Waals surface area contributed by atoms with Crippen LogP contribution in [0.25, 0.3) is 0 Å². The zero-order chi connectivity index (χ0) is 17.2. The second kappa shape index (κ2) is 6.95. The Morgan fingerprint density at radius 1 is 1.25 bits per heavy atom. The SMILES string of the molecule is COC(=O)C1(NC(=O)c2oc(CC3CC3)nc2C)CCCCCC1. The van der Waals surface area contributed by atoms with Crippen LogP contribution in [-0.4, -0.2) is 29.5 Å². The van der Waals surface area contributed by atoms with Crippen LogP contribution in [0.5, 0.6) is 0 Å². The molecular formula is C18H26N2O4. The van der Waals surface area contributed by atoms with E-state index in [4.69, 9.17) is 9.15 Å². The van der Waals surface area contributed by atoms with Crippen LogP contribution in [0.2, 0.25) is 0 Å². The van der Waals surface area contributed by atoms with E-state index in [-0.39, 0.29) is 17.6 Å². The van der Waals surface area contributed by atoms with Gasteiger partial charge in [-0.2, -0.15) is 0 Å². The highest BCUT2D eigenvalue weighted by atomic mass is 16.5. The Bertz CT molecular complexity index is 611. The molecule has 2 aliphatic carbocycles. The predicted octanol–water partition coefficient (Wildman–Crippen LogP) is 2.93. The van der Waals surface area contributed by atoms with Crippen LogP contribution in [0.4, 0.5) is 0 Å². The standard InChI is InChI=1S/C18H26N2O4/c1-12-15(24-14(19-12)11-13-7-8-13)16(21)20-18(17(22)23-2)9-5-3-4-6-10-18/h13H,3-11H2,1-2H3,(H,20,21). The number of methoxy groups -OCH3 is 1. The summed E-state index contributed by atoms with van der Waals surface area (Å²) in [5.74, 6) is 0.746. The molecule has 6 nitrogen and oxygen atoms in total. The number of carbonyl (C=O) groups is 2. The maximum atomic E-state index is 12.7. The van der Waals surface area contributed by atoms with Crippen LogP contribution in [0, 0.1) is 12.8 Å². The lowest BCUT2D eigenvalue weighted by atomic mass is 9.90. The van der Waals surface area contributed by atoms with E-state index in [0.717, 1.165) is 32.1 Å². The molecule has 0 atom stereocenters. The van der Waals surface area contributed by atoms with Crippen molar-refractivity contribution in [3.63, 3.8) is 0 Å². The Morgan fingerprint density at radius 2 is 1.92 bits per heavy atom. The first-order chi connectivity index (χ1) is 11.5. The summed E-state index contributed by atoms with van der Waals surface area (Å²) in [6.45, 7) is 1.77. The third-order valence-corrected chi connectivity index (χ3v) is 5.09. The summed E-state index contributed by atoms with van der Waals surface area (Å²) in [5.41, 5.74) is -0.366. The van der Waals surface area contributed by atoms with Crippen molar-refractivity contribution in [3.8, 4) is 0 Å². The number of hydrogen-bond donors (Lipinski definition) is 1. The van der Waals surface area contributed by atoms with Crippen molar-refractivity contribution in [2.75, 3.05) is 7.11 Å². The maximum absolute atomic E-state index is 12.7. The molecule has 132 valence electrons. The first kappa shape index (κ1) is 17.0. The van der Waals surface area contributed by atoms with E-state index in [2.05, 4.69) is 10.3 Å². The van der Waals surface area contributed by atoms with Crippen molar-refractivity contribution in [3.05, 3.63) is 17.3 Å². The average Bonchev–Trinajstić information content (AvgIpc) is 3.33. The summed E-state index contributed by atoms with van der Waals surface area (Å²) in [7, 11) is 1.37. The Labute approximate surface area is 142 Å². The van der Waals surface area contributed by atoms with Crippen LogP contribution in [-0.2, 0) is 16.0 Å². The molecular weight excluding hydrogens is 308 g/mol. The van der Waals surface area contributed by atoms with Crippen LogP contribution in [0.3, 0.4) is 0 Å². The first-order valence-electron chi connectivity index (χ1n) is 8.91. The summed E-state index contributed by atoms with van der Waals surface area (Å²) < 4.78 is 10.7. The minimum absolute atomic E-state index is 0.221. The van der Waals surface area contributed by atoms with Gasteiger partial charge in [-0.25, -0.2) is 9.78 Å². The van der Waals surface area contributed by atoms with Crippen molar-refractivity contribution in [2.45, 2.75) is 70.3 Å². The third kappa shape index (κ3) is 3.62. The second-order valence-electron chi connectivity index (χ2n) is 7.11. The molecule has 1 aromatic heterocycles. The number of ether oxygens (including phenoxy) is 1. The van der Waals surface area contributed by atoms with Crippen molar-refractivity contribution in [1.29, 1.82) is 0 Å². The minimum atomic E-state index is -0.946. The Hall–Kier alpha value is -1.85. The molecule has 3 rings (SSSR count). The molecule has 1 aromatic rings. The molecule has 1 heterocycles. The lowest BCUT2D eigenvalue weighted by molar-refractivity contribution is -0.148. The van der Waals surface area contributed by atoms with Gasteiger partial charge in [0.15, 0.2) is 5.89 Å². The molecule has 0 aromatic carbocycles. The zero-order valence-corrected chi connectivity index (χ0v) is 14.5. The van der Waals surface area contributed by atoms with Gasteiger partial charge in [0.1, 0.15) is 5.54 Å². The maximum Gasteiger partial charge on any atom is 0.331 e. The molecule has 2 fully saturated rings. The minimum Gasteiger partial charge on any atom is -0.467 e. The first-order valence-corrected chi connectivity index (χ1v) is 8.91. The molecule has 2 aliphatic rings. The van der Waals surface area contributed by atoms with Crippen molar-refractivity contribution in [2.24, 2.45) is 5.92 Å². The van der Waals surface area contributed by atoms with Gasteiger partial charge >= 0.3 is 5.97 Å². The van der Waals surface area contributed by atoms with Gasteiger partial charge in [0.2, 0.25) is 5.76 Å². The lowest BCUT2D eigenvalue weighted by Gasteiger charge is -2.30. The normalized spacial score (nSPS) is 20.2. The molecule has 1 amide bonds. The van der Waals surface area contributed by atoms with Gasteiger partial charge in [-0.05, 0) is 38.5 Å². The van der Waals surface area contributed by atoms with E-state index in [1.807, 2.05) is 0 Å². The highest BCUT2D eigenvalue weighted by Crippen LogP contribution is 2.33. The smallest absolute Gasteiger partial charge is 0.331 e. The van der Waals surface area contributed by atoms with Crippen LogP contribution in [0.1, 0.15) is 73.5 Å². The summed E-state index contributed by atoms with van der Waals surface area (Å²) in [4.78, 5) is 29.5. The summed E-state index contributed by atoms with van der Waals surface area (Å²) in [6, 6.07) is 0. The van der Waals surface area contributed by atoms with Crippen molar-refractivity contribution < 1.29 is 18.7 Å². The highest BCUT2D eigenvalue weighted by Gasteiger charge is 2.42. The van der Waals surface area contributed by atoms with Gasteiger partial charge in [-0.3, -0.25) is 4.79 Å². The third-order valence-electron chi connectivity index (χ3n) is 5.09. The van der Waals surface area contributed by atoms with Crippen LogP contribution >= 0.6 is 0 Å². The fourth-order valence-electron chi connectivity index (χ4n) is 3.50. The van der Waals surface area contributed by atoms with E-state index >= 15 is 0 Å². The molecule has 24 heavy (non-hydrogen) atoms.